The van der Waals surface area contributed by atoms with Gasteiger partial charge in [0, 0.05) is 32.2 Å². The number of nitrogens with one attached hydrogen (secondary N) is 1. The Hall–Kier alpha value is -2.69. The van der Waals surface area contributed by atoms with Crippen LogP contribution in [0.3, 0.4) is 0 Å². The highest BCUT2D eigenvalue weighted by atomic mass is 32.2. The predicted molar refractivity (Wildman–Crippen MR) is 113 cm³/mol. The van der Waals surface area contributed by atoms with Crippen molar-refractivity contribution < 1.29 is 27.2 Å². The van der Waals surface area contributed by atoms with Crippen molar-refractivity contribution in [2.45, 2.75) is 24.7 Å². The smallest absolute Gasteiger partial charge is 0.291 e. The Bertz CT molecular complexity index is 1080. The molecule has 4 rings (SSSR count). The van der Waals surface area contributed by atoms with Crippen LogP contribution in [-0.2, 0) is 14.8 Å². The minimum absolute atomic E-state index is 0.00257. The number of rotatable bonds is 5. The summed E-state index contributed by atoms with van der Waals surface area (Å²) >= 11 is 0. The van der Waals surface area contributed by atoms with Gasteiger partial charge in [0.15, 0.2) is 5.76 Å². The molecule has 0 aliphatic carbocycles. The number of carbonyl (C=O) groups excluding carboxylic acids is 2. The molecule has 31 heavy (non-hydrogen) atoms. The standard InChI is InChI=1S/C21H25N3O6S/c1-15-19(31(27,28)24-8-4-5-9-24)14-18(30-15)20(25)22-17-7-3-2-6-16(17)21(26)23-10-12-29-13-11-23/h2-3,6-7,14H,4-5,8-13H2,1H3,(H,22,25). The van der Waals surface area contributed by atoms with Crippen molar-refractivity contribution in [1.82, 2.24) is 9.21 Å². The van der Waals surface area contributed by atoms with Gasteiger partial charge in [0.05, 0.1) is 24.5 Å². The van der Waals surface area contributed by atoms with Crippen LogP contribution in [0.25, 0.3) is 0 Å². The van der Waals surface area contributed by atoms with Gasteiger partial charge >= 0.3 is 0 Å². The van der Waals surface area contributed by atoms with E-state index in [0.29, 0.717) is 50.6 Å². The Kier molecular flexibility index (Phi) is 6.12. The van der Waals surface area contributed by atoms with Crippen LogP contribution in [0.5, 0.6) is 0 Å². The third-order valence-corrected chi connectivity index (χ3v) is 7.49. The van der Waals surface area contributed by atoms with Crippen molar-refractivity contribution in [2.75, 3.05) is 44.7 Å². The average Bonchev–Trinajstić information content (AvgIpc) is 3.45. The predicted octanol–water partition coefficient (Wildman–Crippen LogP) is 2.10. The third-order valence-electron chi connectivity index (χ3n) is 5.48. The lowest BCUT2D eigenvalue weighted by Crippen LogP contribution is -2.41. The molecule has 0 atom stereocenters. The highest BCUT2D eigenvalue weighted by Crippen LogP contribution is 2.27. The number of benzene rings is 1. The van der Waals surface area contributed by atoms with E-state index >= 15 is 0 Å². The molecule has 2 fully saturated rings. The quantitative estimate of drug-likeness (QED) is 0.752. The van der Waals surface area contributed by atoms with E-state index in [-0.39, 0.29) is 22.3 Å². The van der Waals surface area contributed by atoms with Crippen molar-refractivity contribution in [3.8, 4) is 0 Å². The van der Waals surface area contributed by atoms with Crippen molar-refractivity contribution in [3.63, 3.8) is 0 Å². The maximum atomic E-state index is 12.9. The molecule has 9 nitrogen and oxygen atoms in total. The molecule has 2 amide bonds. The fraction of sp³-hybridized carbons (Fsp3) is 0.429. The number of furan rings is 1. The van der Waals surface area contributed by atoms with Gasteiger partial charge in [-0.1, -0.05) is 12.1 Å². The number of hydrogen-bond acceptors (Lipinski definition) is 6. The van der Waals surface area contributed by atoms with Crippen LogP contribution in [0, 0.1) is 6.92 Å². The molecule has 2 aliphatic heterocycles. The first-order chi connectivity index (χ1) is 14.9. The molecule has 1 aromatic carbocycles. The zero-order chi connectivity index (χ0) is 22.0. The molecule has 0 spiro atoms. The molecule has 0 saturated carbocycles. The van der Waals surface area contributed by atoms with Crippen LogP contribution >= 0.6 is 0 Å². The van der Waals surface area contributed by atoms with Gasteiger partial charge in [-0.15, -0.1) is 0 Å². The molecular weight excluding hydrogens is 422 g/mol. The molecule has 2 saturated heterocycles. The normalized spacial score (nSPS) is 17.6. The molecule has 1 N–H and O–H groups in total. The monoisotopic (exact) mass is 447 g/mol. The maximum Gasteiger partial charge on any atom is 0.291 e. The van der Waals surface area contributed by atoms with Crippen LogP contribution in [0.4, 0.5) is 5.69 Å². The summed E-state index contributed by atoms with van der Waals surface area (Å²) in [6.07, 6.45) is 1.63. The van der Waals surface area contributed by atoms with Gasteiger partial charge in [-0.3, -0.25) is 9.59 Å². The molecule has 10 heteroatoms. The van der Waals surface area contributed by atoms with Crippen LogP contribution in [0.1, 0.15) is 39.5 Å². The topological polar surface area (TPSA) is 109 Å². The summed E-state index contributed by atoms with van der Waals surface area (Å²) in [7, 11) is -3.70. The van der Waals surface area contributed by atoms with E-state index in [9.17, 15) is 18.0 Å². The molecule has 0 unspecified atom stereocenters. The molecule has 1 aromatic heterocycles. The first-order valence-corrected chi connectivity index (χ1v) is 11.7. The van der Waals surface area contributed by atoms with Gasteiger partial charge in [-0.25, -0.2) is 8.42 Å². The number of sulfonamides is 1. The summed E-state index contributed by atoms with van der Waals surface area (Å²) < 4.78 is 37.9. The van der Waals surface area contributed by atoms with E-state index in [1.165, 1.54) is 17.3 Å². The minimum atomic E-state index is -3.70. The number of aryl methyl sites for hydroxylation is 1. The van der Waals surface area contributed by atoms with E-state index in [4.69, 9.17) is 9.15 Å². The van der Waals surface area contributed by atoms with Crippen molar-refractivity contribution in [1.29, 1.82) is 0 Å². The number of para-hydroxylation sites is 1. The summed E-state index contributed by atoms with van der Waals surface area (Å²) in [4.78, 5) is 27.4. The van der Waals surface area contributed by atoms with Gasteiger partial charge in [0.2, 0.25) is 10.0 Å². The largest absolute Gasteiger partial charge is 0.455 e. The minimum Gasteiger partial charge on any atom is -0.455 e. The number of nitrogens with zero attached hydrogens (tertiary/aromatic N) is 2. The fourth-order valence-corrected chi connectivity index (χ4v) is 5.48. The second kappa shape index (κ2) is 8.81. The van der Waals surface area contributed by atoms with E-state index in [1.807, 2.05) is 0 Å². The van der Waals surface area contributed by atoms with E-state index in [2.05, 4.69) is 5.32 Å². The Morgan fingerprint density at radius 3 is 2.42 bits per heavy atom. The lowest BCUT2D eigenvalue weighted by atomic mass is 10.1. The van der Waals surface area contributed by atoms with E-state index < -0.39 is 15.9 Å². The molecule has 0 bridgehead atoms. The summed E-state index contributed by atoms with van der Waals surface area (Å²) in [5.41, 5.74) is 0.688. The SMILES string of the molecule is Cc1oc(C(=O)Nc2ccccc2C(=O)N2CCOCC2)cc1S(=O)(=O)N1CCCC1. The second-order valence-electron chi connectivity index (χ2n) is 7.55. The summed E-state index contributed by atoms with van der Waals surface area (Å²) in [6.45, 7) is 4.36. The molecule has 0 radical (unpaired) electrons. The first kappa shape index (κ1) is 21.5. The number of morpholine rings is 1. The number of carbonyl (C=O) groups is 2. The third kappa shape index (κ3) is 4.36. The molecule has 2 aromatic rings. The van der Waals surface area contributed by atoms with Crippen molar-refractivity contribution in [3.05, 3.63) is 47.4 Å². The Balaban J connectivity index is 1.55. The van der Waals surface area contributed by atoms with E-state index in [1.54, 1.807) is 29.2 Å². The van der Waals surface area contributed by atoms with Gasteiger partial charge in [0.1, 0.15) is 10.7 Å². The Morgan fingerprint density at radius 1 is 1.03 bits per heavy atom. The van der Waals surface area contributed by atoms with Crippen LogP contribution in [0.15, 0.2) is 39.6 Å². The van der Waals surface area contributed by atoms with E-state index in [0.717, 1.165) is 12.8 Å². The number of amides is 2. The highest BCUT2D eigenvalue weighted by Gasteiger charge is 2.32. The summed E-state index contributed by atoms with van der Waals surface area (Å²) in [5, 5.41) is 2.69. The van der Waals surface area contributed by atoms with Crippen molar-refractivity contribution >= 4 is 27.5 Å². The van der Waals surface area contributed by atoms with Gasteiger partial charge < -0.3 is 19.4 Å². The van der Waals surface area contributed by atoms with Gasteiger partial charge in [-0.2, -0.15) is 4.31 Å². The highest BCUT2D eigenvalue weighted by molar-refractivity contribution is 7.89. The second-order valence-corrected chi connectivity index (χ2v) is 9.45. The zero-order valence-corrected chi connectivity index (χ0v) is 18.1. The Labute approximate surface area is 181 Å². The molecule has 166 valence electrons. The molecular formula is C21H25N3O6S. The fourth-order valence-electron chi connectivity index (χ4n) is 3.80. The summed E-state index contributed by atoms with van der Waals surface area (Å²) in [6, 6.07) is 7.96. The summed E-state index contributed by atoms with van der Waals surface area (Å²) in [5.74, 6) is -0.779. The van der Waals surface area contributed by atoms with Gasteiger partial charge in [-0.05, 0) is 31.9 Å². The first-order valence-electron chi connectivity index (χ1n) is 10.3. The van der Waals surface area contributed by atoms with Crippen molar-refractivity contribution in [2.24, 2.45) is 0 Å². The molecule has 2 aliphatic rings. The molecule has 3 heterocycles. The van der Waals surface area contributed by atoms with Crippen LogP contribution < -0.4 is 5.32 Å². The lowest BCUT2D eigenvalue weighted by Gasteiger charge is -2.27. The number of hydrogen-bond donors (Lipinski definition) is 1. The van der Waals surface area contributed by atoms with Crippen LogP contribution in [-0.4, -0.2) is 68.8 Å². The zero-order valence-electron chi connectivity index (χ0n) is 17.3. The lowest BCUT2D eigenvalue weighted by molar-refractivity contribution is 0.0303. The Morgan fingerprint density at radius 2 is 1.71 bits per heavy atom. The number of anilines is 1. The van der Waals surface area contributed by atoms with Crippen LogP contribution in [0.2, 0.25) is 0 Å². The average molecular weight is 448 g/mol. The maximum absolute atomic E-state index is 12.9. The number of ether oxygens (including phenoxy) is 1. The van der Waals surface area contributed by atoms with Gasteiger partial charge in [0.25, 0.3) is 11.8 Å².